The van der Waals surface area contributed by atoms with E-state index in [1.165, 1.54) is 6.26 Å². The number of anilines is 1. The van der Waals surface area contributed by atoms with Gasteiger partial charge in [0, 0.05) is 18.2 Å². The van der Waals surface area contributed by atoms with Gasteiger partial charge in [0.1, 0.15) is 11.9 Å². The first kappa shape index (κ1) is 16.9. The first-order chi connectivity index (χ1) is 10.8. The van der Waals surface area contributed by atoms with Gasteiger partial charge in [0.2, 0.25) is 0 Å². The fourth-order valence-corrected chi connectivity index (χ4v) is 2.24. The smallest absolute Gasteiger partial charge is 0.418 e. The van der Waals surface area contributed by atoms with Crippen molar-refractivity contribution in [1.82, 2.24) is 0 Å². The molecular weight excluding hydrogens is 309 g/mol. The molecule has 7 heteroatoms. The topological polar surface area (TPSA) is 69.2 Å². The molecule has 0 amide bonds. The number of halogens is 3. The van der Waals surface area contributed by atoms with E-state index in [1.54, 1.807) is 19.1 Å². The standard InChI is InChI=1S/C16H15F3N2O2/c1-10(7-14(22)15-3-2-6-23-15)21-13-8-11(9-20)4-5-12(13)16(17,18)19/h2-6,8,10,14,21-22H,7H2,1H3. The Morgan fingerprint density at radius 1 is 1.35 bits per heavy atom. The second-order valence-electron chi connectivity index (χ2n) is 5.18. The average molecular weight is 324 g/mol. The van der Waals surface area contributed by atoms with Crippen molar-refractivity contribution in [2.24, 2.45) is 0 Å². The summed E-state index contributed by atoms with van der Waals surface area (Å²) in [6.45, 7) is 1.64. The maximum absolute atomic E-state index is 13.0. The van der Waals surface area contributed by atoms with Crippen LogP contribution >= 0.6 is 0 Å². The fourth-order valence-electron chi connectivity index (χ4n) is 2.24. The van der Waals surface area contributed by atoms with Crippen LogP contribution in [0.15, 0.2) is 41.0 Å². The van der Waals surface area contributed by atoms with E-state index in [0.717, 1.165) is 18.2 Å². The molecule has 2 aromatic rings. The second kappa shape index (κ2) is 6.75. The van der Waals surface area contributed by atoms with Gasteiger partial charge in [0.05, 0.1) is 23.5 Å². The van der Waals surface area contributed by atoms with E-state index >= 15 is 0 Å². The molecule has 0 aliphatic carbocycles. The van der Waals surface area contributed by atoms with Crippen molar-refractivity contribution < 1.29 is 22.7 Å². The molecule has 0 fully saturated rings. The summed E-state index contributed by atoms with van der Waals surface area (Å²) in [5.41, 5.74) is -0.911. The second-order valence-corrected chi connectivity index (χ2v) is 5.18. The molecule has 0 saturated heterocycles. The highest BCUT2D eigenvalue weighted by Gasteiger charge is 2.34. The molecule has 2 N–H and O–H groups in total. The molecule has 1 aromatic heterocycles. The van der Waals surface area contributed by atoms with Crippen molar-refractivity contribution in [2.75, 3.05) is 5.32 Å². The van der Waals surface area contributed by atoms with Crippen molar-refractivity contribution in [3.8, 4) is 6.07 Å². The van der Waals surface area contributed by atoms with Crippen LogP contribution in [0.25, 0.3) is 0 Å². The summed E-state index contributed by atoms with van der Waals surface area (Å²) < 4.78 is 44.2. The van der Waals surface area contributed by atoms with E-state index < -0.39 is 23.9 Å². The molecule has 2 atom stereocenters. The monoisotopic (exact) mass is 324 g/mol. The molecule has 2 unspecified atom stereocenters. The van der Waals surface area contributed by atoms with E-state index in [2.05, 4.69) is 5.32 Å². The number of rotatable bonds is 5. The van der Waals surface area contributed by atoms with Crippen LogP contribution in [0.2, 0.25) is 0 Å². The SMILES string of the molecule is CC(CC(O)c1ccco1)Nc1cc(C#N)ccc1C(F)(F)F. The highest BCUT2D eigenvalue weighted by atomic mass is 19.4. The summed E-state index contributed by atoms with van der Waals surface area (Å²) in [5, 5.41) is 21.5. The maximum Gasteiger partial charge on any atom is 0.418 e. The minimum Gasteiger partial charge on any atom is -0.467 e. The molecule has 0 aliphatic rings. The van der Waals surface area contributed by atoms with Gasteiger partial charge in [0.15, 0.2) is 0 Å². The molecule has 0 radical (unpaired) electrons. The van der Waals surface area contributed by atoms with Crippen LogP contribution in [0.5, 0.6) is 0 Å². The Hall–Kier alpha value is -2.46. The Labute approximate surface area is 131 Å². The van der Waals surface area contributed by atoms with Crippen molar-refractivity contribution in [1.29, 1.82) is 5.26 Å². The lowest BCUT2D eigenvalue weighted by Crippen LogP contribution is -2.21. The van der Waals surface area contributed by atoms with Gasteiger partial charge in [-0.05, 0) is 37.3 Å². The third-order valence-electron chi connectivity index (χ3n) is 3.30. The quantitative estimate of drug-likeness (QED) is 0.869. The summed E-state index contributed by atoms with van der Waals surface area (Å²) in [7, 11) is 0. The van der Waals surface area contributed by atoms with Gasteiger partial charge in [-0.2, -0.15) is 18.4 Å². The molecule has 0 aliphatic heterocycles. The van der Waals surface area contributed by atoms with Crippen molar-refractivity contribution >= 4 is 5.69 Å². The summed E-state index contributed by atoms with van der Waals surface area (Å²) in [5.74, 6) is 0.348. The van der Waals surface area contributed by atoms with Gasteiger partial charge in [-0.1, -0.05) is 0 Å². The number of aliphatic hydroxyl groups excluding tert-OH is 1. The zero-order valence-electron chi connectivity index (χ0n) is 12.3. The molecule has 0 bridgehead atoms. The maximum atomic E-state index is 13.0. The van der Waals surface area contributed by atoms with Gasteiger partial charge in [0.25, 0.3) is 0 Å². The molecule has 23 heavy (non-hydrogen) atoms. The van der Waals surface area contributed by atoms with Gasteiger partial charge < -0.3 is 14.8 Å². The summed E-state index contributed by atoms with van der Waals surface area (Å²) in [4.78, 5) is 0. The number of nitrogens with zero attached hydrogens (tertiary/aromatic N) is 1. The van der Waals surface area contributed by atoms with Crippen LogP contribution in [0.3, 0.4) is 0 Å². The molecule has 4 nitrogen and oxygen atoms in total. The highest BCUT2D eigenvalue weighted by Crippen LogP contribution is 2.36. The third-order valence-corrected chi connectivity index (χ3v) is 3.30. The zero-order valence-corrected chi connectivity index (χ0v) is 12.3. The Bertz CT molecular complexity index is 690. The number of benzene rings is 1. The number of nitriles is 1. The molecule has 0 spiro atoms. The fraction of sp³-hybridized carbons (Fsp3) is 0.312. The average Bonchev–Trinajstić information content (AvgIpc) is 3.00. The van der Waals surface area contributed by atoms with Crippen molar-refractivity contribution in [3.05, 3.63) is 53.5 Å². The first-order valence-corrected chi connectivity index (χ1v) is 6.90. The van der Waals surface area contributed by atoms with E-state index in [4.69, 9.17) is 9.68 Å². The zero-order chi connectivity index (χ0) is 17.0. The third kappa shape index (κ3) is 4.27. The summed E-state index contributed by atoms with van der Waals surface area (Å²) >= 11 is 0. The van der Waals surface area contributed by atoms with Crippen LogP contribution in [-0.2, 0) is 6.18 Å². The molecule has 1 aromatic carbocycles. The normalized spacial score (nSPS) is 14.1. The van der Waals surface area contributed by atoms with Crippen LogP contribution in [0, 0.1) is 11.3 Å². The molecule has 1 heterocycles. The van der Waals surface area contributed by atoms with Crippen LogP contribution < -0.4 is 5.32 Å². The molecular formula is C16H15F3N2O2. The Morgan fingerprint density at radius 2 is 2.09 bits per heavy atom. The lowest BCUT2D eigenvalue weighted by Gasteiger charge is -2.21. The van der Waals surface area contributed by atoms with E-state index in [1.807, 2.05) is 6.07 Å². The Morgan fingerprint density at radius 3 is 2.65 bits per heavy atom. The largest absolute Gasteiger partial charge is 0.467 e. The van der Waals surface area contributed by atoms with Gasteiger partial charge in [-0.25, -0.2) is 0 Å². The minimum absolute atomic E-state index is 0.124. The number of aliphatic hydroxyl groups is 1. The first-order valence-electron chi connectivity index (χ1n) is 6.90. The predicted octanol–water partition coefficient (Wildman–Crippen LogP) is 4.09. The summed E-state index contributed by atoms with van der Waals surface area (Å²) in [6.07, 6.45) is -3.90. The van der Waals surface area contributed by atoms with Crippen LogP contribution in [0.4, 0.5) is 18.9 Å². The summed E-state index contributed by atoms with van der Waals surface area (Å²) in [6, 6.07) is 7.70. The Kier molecular flexibility index (Phi) is 4.96. The number of nitrogens with one attached hydrogen (secondary N) is 1. The number of furan rings is 1. The lowest BCUT2D eigenvalue weighted by molar-refractivity contribution is -0.137. The molecule has 2 rings (SSSR count). The number of hydrogen-bond donors (Lipinski definition) is 2. The van der Waals surface area contributed by atoms with Gasteiger partial charge in [-0.3, -0.25) is 0 Å². The number of hydrogen-bond acceptors (Lipinski definition) is 4. The van der Waals surface area contributed by atoms with Crippen LogP contribution in [-0.4, -0.2) is 11.1 Å². The molecule has 0 saturated carbocycles. The van der Waals surface area contributed by atoms with E-state index in [-0.39, 0.29) is 17.7 Å². The minimum atomic E-state index is -4.53. The highest BCUT2D eigenvalue weighted by molar-refractivity contribution is 5.57. The van der Waals surface area contributed by atoms with Crippen molar-refractivity contribution in [3.63, 3.8) is 0 Å². The van der Waals surface area contributed by atoms with Gasteiger partial charge >= 0.3 is 6.18 Å². The Balaban J connectivity index is 2.16. The number of alkyl halides is 3. The van der Waals surface area contributed by atoms with Crippen LogP contribution in [0.1, 0.15) is 36.3 Å². The lowest BCUT2D eigenvalue weighted by atomic mass is 10.1. The van der Waals surface area contributed by atoms with Crippen molar-refractivity contribution in [2.45, 2.75) is 31.7 Å². The molecule has 122 valence electrons. The van der Waals surface area contributed by atoms with E-state index in [9.17, 15) is 18.3 Å². The van der Waals surface area contributed by atoms with Gasteiger partial charge in [-0.15, -0.1) is 0 Å². The van der Waals surface area contributed by atoms with E-state index in [0.29, 0.717) is 5.76 Å². The predicted molar refractivity (Wildman–Crippen MR) is 77.5 cm³/mol.